The predicted molar refractivity (Wildman–Crippen MR) is 74.4 cm³/mol. The van der Waals surface area contributed by atoms with E-state index in [1.165, 1.54) is 12.8 Å². The summed E-state index contributed by atoms with van der Waals surface area (Å²) in [6.45, 7) is 3.23. The average Bonchev–Trinajstić information content (AvgIpc) is 3.26. The lowest BCUT2D eigenvalue weighted by molar-refractivity contribution is -0.148. The molecule has 1 aliphatic heterocycles. The maximum absolute atomic E-state index is 12.4. The van der Waals surface area contributed by atoms with Crippen molar-refractivity contribution in [1.82, 2.24) is 4.90 Å². The van der Waals surface area contributed by atoms with Crippen molar-refractivity contribution in [1.29, 1.82) is 0 Å². The fourth-order valence-electron chi connectivity index (χ4n) is 2.75. The molecule has 0 radical (unpaired) electrons. The van der Waals surface area contributed by atoms with Gasteiger partial charge in [-0.05, 0) is 51.4 Å². The number of ether oxygens (including phenoxy) is 1. The van der Waals surface area contributed by atoms with Crippen LogP contribution >= 0.6 is 0 Å². The number of piperidine rings is 1. The van der Waals surface area contributed by atoms with Gasteiger partial charge in [-0.15, -0.1) is 0 Å². The second kappa shape index (κ2) is 7.07. The second-order valence-electron chi connectivity index (χ2n) is 6.03. The van der Waals surface area contributed by atoms with Gasteiger partial charge in [-0.2, -0.15) is 0 Å². The first-order valence-electron chi connectivity index (χ1n) is 7.72. The molecule has 0 aromatic carbocycles. The Kier molecular flexibility index (Phi) is 5.40. The van der Waals surface area contributed by atoms with E-state index >= 15 is 0 Å². The van der Waals surface area contributed by atoms with E-state index in [0.717, 1.165) is 25.8 Å². The van der Waals surface area contributed by atoms with Gasteiger partial charge in [-0.1, -0.05) is 0 Å². The molecule has 1 amide bonds. The smallest absolute Gasteiger partial charge is 0.303 e. The summed E-state index contributed by atoms with van der Waals surface area (Å²) in [5, 5.41) is 8.80. The molecule has 2 aliphatic rings. The van der Waals surface area contributed by atoms with Gasteiger partial charge >= 0.3 is 5.97 Å². The first-order chi connectivity index (χ1) is 9.58. The van der Waals surface area contributed by atoms with Crippen molar-refractivity contribution >= 4 is 11.9 Å². The van der Waals surface area contributed by atoms with Gasteiger partial charge in [-0.3, -0.25) is 9.59 Å². The van der Waals surface area contributed by atoms with E-state index in [1.807, 2.05) is 11.8 Å². The van der Waals surface area contributed by atoms with E-state index in [2.05, 4.69) is 0 Å². The molecule has 0 aromatic heterocycles. The van der Waals surface area contributed by atoms with E-state index in [9.17, 15) is 9.59 Å². The number of carboxylic acid groups (broad SMARTS) is 1. The zero-order chi connectivity index (χ0) is 14.5. The summed E-state index contributed by atoms with van der Waals surface area (Å²) >= 11 is 0. The molecule has 1 saturated carbocycles. The molecule has 5 heteroatoms. The second-order valence-corrected chi connectivity index (χ2v) is 6.03. The summed E-state index contributed by atoms with van der Waals surface area (Å²) in [5.41, 5.74) is 0. The molecule has 2 unspecified atom stereocenters. The Morgan fingerprint density at radius 1 is 1.30 bits per heavy atom. The molecule has 2 fully saturated rings. The van der Waals surface area contributed by atoms with Gasteiger partial charge in [0, 0.05) is 19.0 Å². The number of carbonyl (C=O) groups is 2. The Morgan fingerprint density at radius 3 is 2.70 bits per heavy atom. The molecule has 0 aromatic rings. The minimum absolute atomic E-state index is 0.0285. The summed E-state index contributed by atoms with van der Waals surface area (Å²) in [5.74, 6) is -0.115. The van der Waals surface area contributed by atoms with Crippen molar-refractivity contribution in [3.63, 3.8) is 0 Å². The highest BCUT2D eigenvalue weighted by molar-refractivity contribution is 5.81. The van der Waals surface area contributed by atoms with Crippen LogP contribution < -0.4 is 0 Å². The largest absolute Gasteiger partial charge is 0.481 e. The van der Waals surface area contributed by atoms with Gasteiger partial charge in [0.25, 0.3) is 5.91 Å². The van der Waals surface area contributed by atoms with E-state index in [-0.39, 0.29) is 18.4 Å². The summed E-state index contributed by atoms with van der Waals surface area (Å²) in [7, 11) is 0. The molecule has 20 heavy (non-hydrogen) atoms. The molecule has 0 bridgehead atoms. The topological polar surface area (TPSA) is 66.8 Å². The van der Waals surface area contributed by atoms with Gasteiger partial charge in [0.15, 0.2) is 0 Å². The van der Waals surface area contributed by atoms with Crippen molar-refractivity contribution in [3.8, 4) is 0 Å². The van der Waals surface area contributed by atoms with E-state index < -0.39 is 12.1 Å². The molecule has 1 N–H and O–H groups in total. The molecule has 2 rings (SSSR count). The minimum atomic E-state index is -0.791. The van der Waals surface area contributed by atoms with Crippen molar-refractivity contribution in [3.05, 3.63) is 0 Å². The first-order valence-corrected chi connectivity index (χ1v) is 7.72. The average molecular weight is 283 g/mol. The SMILES string of the molecule is CC(OCC1CC1)C(=O)N1CCCCC1CCC(=O)O. The van der Waals surface area contributed by atoms with E-state index in [0.29, 0.717) is 18.9 Å². The lowest BCUT2D eigenvalue weighted by atomic mass is 9.97. The highest BCUT2D eigenvalue weighted by Crippen LogP contribution is 2.29. The van der Waals surface area contributed by atoms with Gasteiger partial charge in [-0.25, -0.2) is 0 Å². The van der Waals surface area contributed by atoms with Crippen LogP contribution in [0.3, 0.4) is 0 Å². The monoisotopic (exact) mass is 283 g/mol. The zero-order valence-corrected chi connectivity index (χ0v) is 12.2. The highest BCUT2D eigenvalue weighted by Gasteiger charge is 2.31. The number of rotatable bonds is 7. The Labute approximate surface area is 120 Å². The molecular weight excluding hydrogens is 258 g/mol. The third kappa shape index (κ3) is 4.47. The van der Waals surface area contributed by atoms with Crippen LogP contribution in [0.4, 0.5) is 0 Å². The lowest BCUT2D eigenvalue weighted by Crippen LogP contribution is -2.48. The number of likely N-dealkylation sites (tertiary alicyclic amines) is 1. The van der Waals surface area contributed by atoms with Crippen LogP contribution in [0, 0.1) is 5.92 Å². The van der Waals surface area contributed by atoms with E-state index in [1.54, 1.807) is 0 Å². The van der Waals surface area contributed by atoms with Crippen molar-refractivity contribution < 1.29 is 19.4 Å². The van der Waals surface area contributed by atoms with Crippen LogP contribution in [0.5, 0.6) is 0 Å². The van der Waals surface area contributed by atoms with Gasteiger partial charge in [0.1, 0.15) is 6.10 Å². The third-order valence-electron chi connectivity index (χ3n) is 4.23. The quantitative estimate of drug-likeness (QED) is 0.776. The molecular formula is C15H25NO4. The number of nitrogens with zero attached hydrogens (tertiary/aromatic N) is 1. The third-order valence-corrected chi connectivity index (χ3v) is 4.23. The Morgan fingerprint density at radius 2 is 2.05 bits per heavy atom. The molecule has 1 heterocycles. The van der Waals surface area contributed by atoms with Crippen LogP contribution in [0.1, 0.15) is 51.9 Å². The molecule has 5 nitrogen and oxygen atoms in total. The zero-order valence-electron chi connectivity index (χ0n) is 12.2. The maximum Gasteiger partial charge on any atom is 0.303 e. The molecule has 0 spiro atoms. The predicted octanol–water partition coefficient (Wildman–Crippen LogP) is 2.05. The summed E-state index contributed by atoms with van der Waals surface area (Å²) in [4.78, 5) is 25.0. The van der Waals surface area contributed by atoms with Crippen molar-refractivity contribution in [2.45, 2.75) is 64.0 Å². The summed E-state index contributed by atoms with van der Waals surface area (Å²) in [6, 6.07) is 0.0688. The number of amides is 1. The summed E-state index contributed by atoms with van der Waals surface area (Å²) in [6.07, 6.45) is 5.70. The lowest BCUT2D eigenvalue weighted by Gasteiger charge is -2.37. The van der Waals surface area contributed by atoms with E-state index in [4.69, 9.17) is 9.84 Å². The Bertz CT molecular complexity index is 354. The van der Waals surface area contributed by atoms with Crippen molar-refractivity contribution in [2.24, 2.45) is 5.92 Å². The molecule has 1 saturated heterocycles. The van der Waals surface area contributed by atoms with Crippen LogP contribution in [-0.2, 0) is 14.3 Å². The van der Waals surface area contributed by atoms with Gasteiger partial charge in [0.2, 0.25) is 0 Å². The van der Waals surface area contributed by atoms with Crippen molar-refractivity contribution in [2.75, 3.05) is 13.2 Å². The van der Waals surface area contributed by atoms with Crippen LogP contribution in [0.2, 0.25) is 0 Å². The van der Waals surface area contributed by atoms with Crippen LogP contribution in [-0.4, -0.2) is 47.2 Å². The number of hydrogen-bond acceptors (Lipinski definition) is 3. The molecule has 1 aliphatic carbocycles. The standard InChI is InChI=1S/C15H25NO4/c1-11(20-10-12-5-6-12)15(19)16-9-3-2-4-13(16)7-8-14(17)18/h11-13H,2-10H2,1H3,(H,17,18). The Balaban J connectivity index is 1.84. The number of carboxylic acids is 1. The van der Waals surface area contributed by atoms with Gasteiger partial charge < -0.3 is 14.7 Å². The minimum Gasteiger partial charge on any atom is -0.481 e. The number of carbonyl (C=O) groups excluding carboxylic acids is 1. The summed E-state index contributed by atoms with van der Waals surface area (Å²) < 4.78 is 5.65. The molecule has 2 atom stereocenters. The number of aliphatic carboxylic acids is 1. The first kappa shape index (κ1) is 15.3. The van der Waals surface area contributed by atoms with Crippen LogP contribution in [0.25, 0.3) is 0 Å². The normalized spacial score (nSPS) is 24.4. The number of hydrogen-bond donors (Lipinski definition) is 1. The highest BCUT2D eigenvalue weighted by atomic mass is 16.5. The van der Waals surface area contributed by atoms with Crippen LogP contribution in [0.15, 0.2) is 0 Å². The fourth-order valence-corrected chi connectivity index (χ4v) is 2.75. The Hall–Kier alpha value is -1.10. The fraction of sp³-hybridized carbons (Fsp3) is 0.867. The molecule has 114 valence electrons. The van der Waals surface area contributed by atoms with Gasteiger partial charge in [0.05, 0.1) is 6.61 Å². The maximum atomic E-state index is 12.4.